The second kappa shape index (κ2) is 7.62. The summed E-state index contributed by atoms with van der Waals surface area (Å²) in [4.78, 5) is 1.30. The number of benzene rings is 1. The Morgan fingerprint density at radius 1 is 1.18 bits per heavy atom. The lowest BCUT2D eigenvalue weighted by Crippen LogP contribution is -2.32. The van der Waals surface area contributed by atoms with E-state index in [0.717, 1.165) is 18.0 Å². The third-order valence-electron chi connectivity index (χ3n) is 2.90. The Bertz CT molecular complexity index is 311. The maximum atomic E-state index is 5.13. The van der Waals surface area contributed by atoms with Crippen LogP contribution in [0.2, 0.25) is 0 Å². The first kappa shape index (κ1) is 14.4. The van der Waals surface area contributed by atoms with Gasteiger partial charge >= 0.3 is 0 Å². The van der Waals surface area contributed by atoms with Crippen LogP contribution in [0.5, 0.6) is 5.75 Å². The third kappa shape index (κ3) is 5.46. The van der Waals surface area contributed by atoms with Gasteiger partial charge in [0.2, 0.25) is 0 Å². The normalized spacial score (nSPS) is 12.8. The summed E-state index contributed by atoms with van der Waals surface area (Å²) in [7, 11) is 1.69. The molecule has 0 radical (unpaired) electrons. The highest BCUT2D eigenvalue weighted by Gasteiger charge is 2.04. The Hall–Kier alpha value is -0.670. The molecule has 0 saturated heterocycles. The Morgan fingerprint density at radius 2 is 1.82 bits per heavy atom. The average Bonchev–Trinajstić information content (AvgIpc) is 2.35. The molecule has 0 aromatic heterocycles. The summed E-state index contributed by atoms with van der Waals surface area (Å²) in [5.41, 5.74) is 0. The fourth-order valence-corrected chi connectivity index (χ4v) is 2.15. The van der Waals surface area contributed by atoms with Gasteiger partial charge in [-0.1, -0.05) is 13.8 Å². The fraction of sp³-hybridized carbons (Fsp3) is 0.571. The molecule has 96 valence electrons. The van der Waals surface area contributed by atoms with E-state index in [4.69, 9.17) is 4.74 Å². The van der Waals surface area contributed by atoms with Crippen LogP contribution in [0.4, 0.5) is 0 Å². The zero-order valence-electron chi connectivity index (χ0n) is 11.2. The number of thioether (sulfide) groups is 1. The minimum Gasteiger partial charge on any atom is -0.497 e. The lowest BCUT2D eigenvalue weighted by Gasteiger charge is -2.17. The van der Waals surface area contributed by atoms with Crippen LogP contribution in [-0.4, -0.2) is 25.4 Å². The van der Waals surface area contributed by atoms with Crippen molar-refractivity contribution >= 4 is 11.8 Å². The predicted molar refractivity (Wildman–Crippen MR) is 76.0 cm³/mol. The van der Waals surface area contributed by atoms with Gasteiger partial charge in [-0.15, -0.1) is 11.8 Å². The summed E-state index contributed by atoms with van der Waals surface area (Å²) in [6, 6.07) is 8.82. The van der Waals surface area contributed by atoms with Crippen molar-refractivity contribution in [1.82, 2.24) is 5.32 Å². The van der Waals surface area contributed by atoms with Crippen molar-refractivity contribution in [2.24, 2.45) is 5.92 Å². The van der Waals surface area contributed by atoms with E-state index in [9.17, 15) is 0 Å². The monoisotopic (exact) mass is 253 g/mol. The molecule has 3 heteroatoms. The second-order valence-corrected chi connectivity index (χ2v) is 5.68. The molecule has 1 aromatic rings. The molecule has 0 fully saturated rings. The Kier molecular flexibility index (Phi) is 6.45. The molecule has 0 aliphatic carbocycles. The van der Waals surface area contributed by atoms with Gasteiger partial charge in [-0.2, -0.15) is 0 Å². The van der Waals surface area contributed by atoms with Crippen LogP contribution >= 0.6 is 11.8 Å². The molecule has 17 heavy (non-hydrogen) atoms. The average molecular weight is 253 g/mol. The first-order chi connectivity index (χ1) is 8.13. The molecule has 1 unspecified atom stereocenters. The molecule has 1 N–H and O–H groups in total. The van der Waals surface area contributed by atoms with Crippen molar-refractivity contribution in [3.63, 3.8) is 0 Å². The largest absolute Gasteiger partial charge is 0.497 e. The van der Waals surface area contributed by atoms with Crippen LogP contribution in [-0.2, 0) is 0 Å². The molecule has 1 rings (SSSR count). The molecule has 1 aromatic carbocycles. The Balaban J connectivity index is 2.22. The third-order valence-corrected chi connectivity index (χ3v) is 3.91. The number of rotatable bonds is 7. The molecule has 0 aliphatic rings. The smallest absolute Gasteiger partial charge is 0.118 e. The van der Waals surface area contributed by atoms with Crippen molar-refractivity contribution in [1.29, 1.82) is 0 Å². The van der Waals surface area contributed by atoms with Crippen LogP contribution < -0.4 is 10.1 Å². The van der Waals surface area contributed by atoms with Crippen LogP contribution in [0, 0.1) is 5.92 Å². The number of hydrogen-bond acceptors (Lipinski definition) is 3. The number of hydrogen-bond donors (Lipinski definition) is 1. The van der Waals surface area contributed by atoms with Crippen LogP contribution in [0.3, 0.4) is 0 Å². The Morgan fingerprint density at radius 3 is 2.35 bits per heavy atom. The molecule has 0 bridgehead atoms. The van der Waals surface area contributed by atoms with E-state index in [2.05, 4.69) is 38.2 Å². The molecule has 2 nitrogen and oxygen atoms in total. The number of methoxy groups -OCH3 is 1. The summed E-state index contributed by atoms with van der Waals surface area (Å²) in [5, 5.41) is 3.53. The van der Waals surface area contributed by atoms with Crippen molar-refractivity contribution in [3.8, 4) is 5.75 Å². The summed E-state index contributed by atoms with van der Waals surface area (Å²) in [6.07, 6.45) is 0. The van der Waals surface area contributed by atoms with Gasteiger partial charge in [-0.05, 0) is 37.1 Å². The zero-order valence-corrected chi connectivity index (χ0v) is 12.0. The standard InChI is InChI=1S/C14H23NOS/c1-11(2)12(3)15-9-10-17-14-7-5-13(16-4)6-8-14/h5-8,11-12,15H,9-10H2,1-4H3. The van der Waals surface area contributed by atoms with E-state index >= 15 is 0 Å². The Labute approximate surface area is 109 Å². The van der Waals surface area contributed by atoms with E-state index in [0.29, 0.717) is 12.0 Å². The minimum absolute atomic E-state index is 0.589. The van der Waals surface area contributed by atoms with Crippen LogP contribution in [0.25, 0.3) is 0 Å². The van der Waals surface area contributed by atoms with Gasteiger partial charge in [0, 0.05) is 23.2 Å². The molecule has 0 saturated carbocycles. The highest BCUT2D eigenvalue weighted by Crippen LogP contribution is 2.20. The van der Waals surface area contributed by atoms with E-state index < -0.39 is 0 Å². The van der Waals surface area contributed by atoms with Gasteiger partial charge in [0.15, 0.2) is 0 Å². The van der Waals surface area contributed by atoms with Crippen molar-refractivity contribution in [3.05, 3.63) is 24.3 Å². The summed E-state index contributed by atoms with van der Waals surface area (Å²) in [5.74, 6) is 2.71. The highest BCUT2D eigenvalue weighted by atomic mass is 32.2. The first-order valence-electron chi connectivity index (χ1n) is 6.13. The van der Waals surface area contributed by atoms with Gasteiger partial charge in [0.1, 0.15) is 5.75 Å². The van der Waals surface area contributed by atoms with Gasteiger partial charge in [0.05, 0.1) is 7.11 Å². The molecule has 1 atom stereocenters. The van der Waals surface area contributed by atoms with E-state index in [-0.39, 0.29) is 0 Å². The molecule has 0 amide bonds. The molecule has 0 spiro atoms. The number of nitrogens with one attached hydrogen (secondary N) is 1. The first-order valence-corrected chi connectivity index (χ1v) is 7.12. The van der Waals surface area contributed by atoms with Crippen molar-refractivity contribution < 1.29 is 4.74 Å². The van der Waals surface area contributed by atoms with E-state index in [1.807, 2.05) is 23.9 Å². The van der Waals surface area contributed by atoms with Gasteiger partial charge in [-0.25, -0.2) is 0 Å². The van der Waals surface area contributed by atoms with Crippen LogP contribution in [0.1, 0.15) is 20.8 Å². The van der Waals surface area contributed by atoms with Gasteiger partial charge in [0.25, 0.3) is 0 Å². The molecule has 0 heterocycles. The summed E-state index contributed by atoms with van der Waals surface area (Å²) < 4.78 is 5.13. The lowest BCUT2D eigenvalue weighted by atomic mass is 10.1. The molecular formula is C14H23NOS. The van der Waals surface area contributed by atoms with Crippen molar-refractivity contribution in [2.75, 3.05) is 19.4 Å². The van der Waals surface area contributed by atoms with E-state index in [1.165, 1.54) is 4.90 Å². The van der Waals surface area contributed by atoms with Crippen LogP contribution in [0.15, 0.2) is 29.2 Å². The maximum absolute atomic E-state index is 5.13. The summed E-state index contributed by atoms with van der Waals surface area (Å²) in [6.45, 7) is 7.78. The van der Waals surface area contributed by atoms with Gasteiger partial charge < -0.3 is 10.1 Å². The SMILES string of the molecule is COc1ccc(SCCNC(C)C(C)C)cc1. The molecular weight excluding hydrogens is 230 g/mol. The van der Waals surface area contributed by atoms with E-state index in [1.54, 1.807) is 7.11 Å². The summed E-state index contributed by atoms with van der Waals surface area (Å²) >= 11 is 1.88. The second-order valence-electron chi connectivity index (χ2n) is 4.51. The highest BCUT2D eigenvalue weighted by molar-refractivity contribution is 7.99. The predicted octanol–water partition coefficient (Wildman–Crippen LogP) is 3.42. The minimum atomic E-state index is 0.589. The quantitative estimate of drug-likeness (QED) is 0.594. The molecule has 0 aliphatic heterocycles. The van der Waals surface area contributed by atoms with Gasteiger partial charge in [-0.3, -0.25) is 0 Å². The maximum Gasteiger partial charge on any atom is 0.118 e. The van der Waals surface area contributed by atoms with Crippen molar-refractivity contribution in [2.45, 2.75) is 31.7 Å². The fourth-order valence-electron chi connectivity index (χ4n) is 1.36. The zero-order chi connectivity index (χ0) is 12.7. The lowest BCUT2D eigenvalue weighted by molar-refractivity contribution is 0.414. The topological polar surface area (TPSA) is 21.3 Å². The number of ether oxygens (including phenoxy) is 1.